The summed E-state index contributed by atoms with van der Waals surface area (Å²) in [4.78, 5) is 22.1. The lowest BCUT2D eigenvalue weighted by molar-refractivity contribution is -0.152. The van der Waals surface area contributed by atoms with E-state index >= 15 is 0 Å². The summed E-state index contributed by atoms with van der Waals surface area (Å²) in [5.74, 6) is 3.85. The molecule has 0 aromatic rings. The van der Waals surface area contributed by atoms with Crippen LogP contribution in [-0.4, -0.2) is 24.6 Å². The van der Waals surface area contributed by atoms with Gasteiger partial charge in [-0.1, -0.05) is 19.9 Å². The highest BCUT2D eigenvalue weighted by atomic mass is 16.6. The van der Waals surface area contributed by atoms with Gasteiger partial charge in [-0.25, -0.2) is 4.79 Å². The van der Waals surface area contributed by atoms with Crippen LogP contribution in [0.1, 0.15) is 34.1 Å². The van der Waals surface area contributed by atoms with Crippen LogP contribution >= 0.6 is 0 Å². The molecule has 0 aromatic carbocycles. The predicted octanol–water partition coefficient (Wildman–Crippen LogP) is 2.09. The van der Waals surface area contributed by atoms with Gasteiger partial charge in [-0.2, -0.15) is 0 Å². The predicted molar refractivity (Wildman–Crippen MR) is 68.6 cm³/mol. The lowest BCUT2D eigenvalue weighted by Gasteiger charge is -2.31. The number of esters is 2. The fraction of sp³-hybridized carbons (Fsp3) is 0.571. The first-order valence-corrected chi connectivity index (χ1v) is 5.58. The lowest BCUT2D eigenvalue weighted by atomic mass is 9.81. The molecule has 0 radical (unpaired) electrons. The Balaban J connectivity index is 5.16. The maximum Gasteiger partial charge on any atom is 0.384 e. The zero-order valence-corrected chi connectivity index (χ0v) is 11.6. The third-order valence-corrected chi connectivity index (χ3v) is 2.33. The standard InChI is InChI=1S/C14H20O4/c1-7-13(3,4)10-14(5,18-11(2)15)9-8-12(16)17-6/h7H,1,10H2,2-6H3. The second kappa shape index (κ2) is 6.25. The average Bonchev–Trinajstić information content (AvgIpc) is 2.24. The normalized spacial score (nSPS) is 13.6. The van der Waals surface area contributed by atoms with Crippen molar-refractivity contribution in [2.75, 3.05) is 7.11 Å². The van der Waals surface area contributed by atoms with Crippen molar-refractivity contribution in [1.29, 1.82) is 0 Å². The Morgan fingerprint density at radius 2 is 1.89 bits per heavy atom. The summed E-state index contributed by atoms with van der Waals surface area (Å²) in [6.07, 6.45) is 2.20. The first-order valence-electron chi connectivity index (χ1n) is 5.58. The monoisotopic (exact) mass is 252 g/mol. The third kappa shape index (κ3) is 6.09. The minimum Gasteiger partial charge on any atom is -0.459 e. The Kier molecular flexibility index (Phi) is 5.64. The van der Waals surface area contributed by atoms with Crippen LogP contribution in [0.3, 0.4) is 0 Å². The van der Waals surface area contributed by atoms with Gasteiger partial charge in [0.2, 0.25) is 0 Å². The lowest BCUT2D eigenvalue weighted by Crippen LogP contribution is -2.34. The number of carbonyl (C=O) groups is 2. The van der Waals surface area contributed by atoms with Crippen molar-refractivity contribution in [3.05, 3.63) is 12.7 Å². The topological polar surface area (TPSA) is 52.6 Å². The molecule has 0 aliphatic rings. The van der Waals surface area contributed by atoms with Crippen molar-refractivity contribution >= 4 is 11.9 Å². The molecule has 0 aliphatic carbocycles. The molecule has 1 unspecified atom stereocenters. The van der Waals surface area contributed by atoms with Crippen molar-refractivity contribution in [1.82, 2.24) is 0 Å². The molecule has 18 heavy (non-hydrogen) atoms. The molecule has 0 aromatic heterocycles. The van der Waals surface area contributed by atoms with E-state index in [-0.39, 0.29) is 5.41 Å². The molecule has 0 fully saturated rings. The zero-order valence-electron chi connectivity index (χ0n) is 11.6. The minimum absolute atomic E-state index is 0.269. The average molecular weight is 252 g/mol. The Morgan fingerprint density at radius 1 is 1.33 bits per heavy atom. The number of hydrogen-bond acceptors (Lipinski definition) is 4. The number of ether oxygens (including phenoxy) is 2. The van der Waals surface area contributed by atoms with Gasteiger partial charge in [0.05, 0.1) is 7.11 Å². The van der Waals surface area contributed by atoms with Crippen LogP contribution in [0.5, 0.6) is 0 Å². The van der Waals surface area contributed by atoms with Crippen LogP contribution in [0.2, 0.25) is 0 Å². The molecule has 0 rings (SSSR count). The molecule has 4 nitrogen and oxygen atoms in total. The summed E-state index contributed by atoms with van der Waals surface area (Å²) in [7, 11) is 1.24. The summed E-state index contributed by atoms with van der Waals surface area (Å²) < 4.78 is 9.64. The number of methoxy groups -OCH3 is 1. The largest absolute Gasteiger partial charge is 0.459 e. The van der Waals surface area contributed by atoms with Crippen LogP contribution in [0.4, 0.5) is 0 Å². The van der Waals surface area contributed by atoms with Crippen LogP contribution < -0.4 is 0 Å². The van der Waals surface area contributed by atoms with E-state index in [1.165, 1.54) is 14.0 Å². The van der Waals surface area contributed by atoms with Crippen molar-refractivity contribution in [2.45, 2.75) is 39.7 Å². The smallest absolute Gasteiger partial charge is 0.384 e. The molecule has 4 heteroatoms. The number of carbonyl (C=O) groups excluding carboxylic acids is 2. The fourth-order valence-electron chi connectivity index (χ4n) is 1.60. The van der Waals surface area contributed by atoms with Crippen molar-refractivity contribution in [3.8, 4) is 11.8 Å². The maximum absolute atomic E-state index is 11.1. The number of allylic oxidation sites excluding steroid dienone is 1. The quantitative estimate of drug-likeness (QED) is 0.333. The summed E-state index contributed by atoms with van der Waals surface area (Å²) in [5, 5.41) is 0. The first kappa shape index (κ1) is 16.2. The molecule has 1 atom stereocenters. The molecule has 0 heterocycles. The van der Waals surface area contributed by atoms with E-state index in [0.29, 0.717) is 6.42 Å². The molecule has 0 saturated heterocycles. The number of hydrogen-bond donors (Lipinski definition) is 0. The summed E-state index contributed by atoms with van der Waals surface area (Å²) >= 11 is 0. The maximum atomic E-state index is 11.1. The second-order valence-corrected chi connectivity index (χ2v) is 4.94. The van der Waals surface area contributed by atoms with Gasteiger partial charge in [0.1, 0.15) is 0 Å². The van der Waals surface area contributed by atoms with Crippen LogP contribution in [0.25, 0.3) is 0 Å². The highest BCUT2D eigenvalue weighted by molar-refractivity contribution is 5.88. The molecule has 0 spiro atoms. The van der Waals surface area contributed by atoms with Gasteiger partial charge in [-0.15, -0.1) is 6.58 Å². The first-order chi connectivity index (χ1) is 8.14. The number of rotatable bonds is 4. The summed E-state index contributed by atoms with van der Waals surface area (Å²) in [5.41, 5.74) is -1.31. The fourth-order valence-corrected chi connectivity index (χ4v) is 1.60. The molecular formula is C14H20O4. The van der Waals surface area contributed by atoms with Crippen molar-refractivity contribution in [2.24, 2.45) is 5.41 Å². The molecule has 0 N–H and O–H groups in total. The van der Waals surface area contributed by atoms with Gasteiger partial charge in [0.25, 0.3) is 0 Å². The Labute approximate surface area is 108 Å². The van der Waals surface area contributed by atoms with E-state index in [1.54, 1.807) is 13.0 Å². The molecular weight excluding hydrogens is 232 g/mol. The molecule has 100 valence electrons. The van der Waals surface area contributed by atoms with E-state index in [2.05, 4.69) is 23.2 Å². The van der Waals surface area contributed by atoms with Gasteiger partial charge in [0.15, 0.2) is 5.60 Å². The van der Waals surface area contributed by atoms with Crippen LogP contribution in [0, 0.1) is 17.3 Å². The van der Waals surface area contributed by atoms with Crippen molar-refractivity contribution < 1.29 is 19.1 Å². The third-order valence-electron chi connectivity index (χ3n) is 2.33. The summed E-state index contributed by atoms with van der Waals surface area (Å²) in [6.45, 7) is 10.6. The van der Waals surface area contributed by atoms with E-state index in [0.717, 1.165) is 0 Å². The molecule has 0 saturated carbocycles. The van der Waals surface area contributed by atoms with E-state index in [4.69, 9.17) is 4.74 Å². The Morgan fingerprint density at radius 3 is 2.28 bits per heavy atom. The van der Waals surface area contributed by atoms with Gasteiger partial charge in [0, 0.05) is 19.3 Å². The van der Waals surface area contributed by atoms with Crippen molar-refractivity contribution in [3.63, 3.8) is 0 Å². The van der Waals surface area contributed by atoms with Gasteiger partial charge >= 0.3 is 11.9 Å². The minimum atomic E-state index is -1.04. The Bertz CT molecular complexity index is 398. The SMILES string of the molecule is C=CC(C)(C)CC(C)(C#CC(=O)OC)OC(C)=O. The van der Waals surface area contributed by atoms with E-state index in [9.17, 15) is 9.59 Å². The van der Waals surface area contributed by atoms with E-state index < -0.39 is 17.5 Å². The van der Waals surface area contributed by atoms with Gasteiger partial charge in [-0.3, -0.25) is 4.79 Å². The van der Waals surface area contributed by atoms with E-state index in [1.807, 2.05) is 13.8 Å². The molecule has 0 bridgehead atoms. The molecule has 0 aliphatic heterocycles. The highest BCUT2D eigenvalue weighted by Gasteiger charge is 2.32. The molecule has 0 amide bonds. The van der Waals surface area contributed by atoms with Gasteiger partial charge < -0.3 is 9.47 Å². The van der Waals surface area contributed by atoms with Gasteiger partial charge in [-0.05, 0) is 18.3 Å². The summed E-state index contributed by atoms with van der Waals surface area (Å²) in [6, 6.07) is 0. The highest BCUT2D eigenvalue weighted by Crippen LogP contribution is 2.31. The zero-order chi connectivity index (χ0) is 14.4. The Hall–Kier alpha value is -1.76. The second-order valence-electron chi connectivity index (χ2n) is 4.94. The van der Waals surface area contributed by atoms with Crippen LogP contribution in [0.15, 0.2) is 12.7 Å². The van der Waals surface area contributed by atoms with Crippen LogP contribution in [-0.2, 0) is 19.1 Å².